The Bertz CT molecular complexity index is 359. The molecule has 0 unspecified atom stereocenters. The number of benzene rings is 1. The van der Waals surface area contributed by atoms with E-state index in [-0.39, 0.29) is 5.56 Å². The van der Waals surface area contributed by atoms with E-state index in [9.17, 15) is 8.78 Å². The van der Waals surface area contributed by atoms with Crippen molar-refractivity contribution < 1.29 is 8.78 Å². The van der Waals surface area contributed by atoms with Gasteiger partial charge < -0.3 is 5.32 Å². The molecule has 1 aromatic carbocycles. The molecule has 3 heteroatoms. The molecule has 0 heterocycles. The first-order chi connectivity index (χ1) is 7.67. The van der Waals surface area contributed by atoms with Crippen molar-refractivity contribution in [1.82, 2.24) is 5.32 Å². The third-order valence-electron chi connectivity index (χ3n) is 2.39. The Balaban J connectivity index is 2.90. The summed E-state index contributed by atoms with van der Waals surface area (Å²) in [4.78, 5) is 0. The first kappa shape index (κ1) is 12.8. The highest BCUT2D eigenvalue weighted by Crippen LogP contribution is 2.20. The Labute approximate surface area is 95.2 Å². The zero-order valence-electron chi connectivity index (χ0n) is 9.63. The van der Waals surface area contributed by atoms with Crippen LogP contribution < -0.4 is 5.32 Å². The number of hydrogen-bond donors (Lipinski definition) is 1. The van der Waals surface area contributed by atoms with E-state index in [2.05, 4.69) is 12.2 Å². The molecule has 0 fully saturated rings. The Kier molecular flexibility index (Phi) is 5.12. The van der Waals surface area contributed by atoms with Gasteiger partial charge in [0.15, 0.2) is 0 Å². The molecule has 0 amide bonds. The molecule has 1 rings (SSSR count). The van der Waals surface area contributed by atoms with Gasteiger partial charge in [0.25, 0.3) is 6.43 Å². The summed E-state index contributed by atoms with van der Waals surface area (Å²) in [5, 5.41) is 3.06. The van der Waals surface area contributed by atoms with Crippen LogP contribution in [0.25, 0.3) is 6.08 Å². The molecule has 0 saturated carbocycles. The summed E-state index contributed by atoms with van der Waals surface area (Å²) in [6.45, 7) is 2.84. The smallest absolute Gasteiger partial charge is 0.263 e. The van der Waals surface area contributed by atoms with Crippen LogP contribution in [0.4, 0.5) is 8.78 Å². The lowest BCUT2D eigenvalue weighted by Crippen LogP contribution is -2.09. The molecule has 0 aliphatic rings. The average Bonchev–Trinajstić information content (AvgIpc) is 2.29. The summed E-state index contributed by atoms with van der Waals surface area (Å²) < 4.78 is 25.0. The van der Waals surface area contributed by atoms with Crippen molar-refractivity contribution in [1.29, 1.82) is 0 Å². The predicted octanol–water partition coefficient (Wildman–Crippen LogP) is 3.64. The van der Waals surface area contributed by atoms with Gasteiger partial charge in [-0.15, -0.1) is 0 Å². The molecule has 1 N–H and O–H groups in total. The minimum atomic E-state index is -2.40. The second kappa shape index (κ2) is 6.38. The van der Waals surface area contributed by atoms with Crippen LogP contribution in [0.2, 0.25) is 0 Å². The topological polar surface area (TPSA) is 12.0 Å². The van der Waals surface area contributed by atoms with E-state index in [0.29, 0.717) is 0 Å². The van der Waals surface area contributed by atoms with E-state index in [4.69, 9.17) is 0 Å². The summed E-state index contributed by atoms with van der Waals surface area (Å²) in [6, 6.07) is 6.50. The highest BCUT2D eigenvalue weighted by molar-refractivity contribution is 5.54. The van der Waals surface area contributed by atoms with Gasteiger partial charge in [-0.05, 0) is 25.1 Å². The van der Waals surface area contributed by atoms with E-state index in [1.807, 2.05) is 19.2 Å². The molecular weight excluding hydrogens is 208 g/mol. The molecule has 0 aromatic heterocycles. The van der Waals surface area contributed by atoms with Gasteiger partial charge in [0.1, 0.15) is 0 Å². The molecule has 16 heavy (non-hydrogen) atoms. The average molecular weight is 225 g/mol. The van der Waals surface area contributed by atoms with Crippen LogP contribution in [0.15, 0.2) is 29.8 Å². The van der Waals surface area contributed by atoms with Gasteiger partial charge in [0, 0.05) is 12.1 Å². The molecule has 0 aliphatic carbocycles. The summed E-state index contributed by atoms with van der Waals surface area (Å²) in [5.41, 5.74) is 2.12. The van der Waals surface area contributed by atoms with Gasteiger partial charge in [-0.25, -0.2) is 8.78 Å². The van der Waals surface area contributed by atoms with Crippen LogP contribution in [0.3, 0.4) is 0 Å². The molecule has 88 valence electrons. The first-order valence-corrected chi connectivity index (χ1v) is 5.39. The maximum Gasteiger partial charge on any atom is 0.263 e. The zero-order valence-corrected chi connectivity index (χ0v) is 9.63. The van der Waals surface area contributed by atoms with Gasteiger partial charge in [-0.2, -0.15) is 0 Å². The van der Waals surface area contributed by atoms with Crippen LogP contribution >= 0.6 is 0 Å². The minimum absolute atomic E-state index is 0.0775. The zero-order chi connectivity index (χ0) is 12.0. The van der Waals surface area contributed by atoms with E-state index in [0.717, 1.165) is 18.5 Å². The van der Waals surface area contributed by atoms with Crippen molar-refractivity contribution in [3.8, 4) is 0 Å². The summed E-state index contributed by atoms with van der Waals surface area (Å²) in [7, 11) is 1.87. The molecule has 0 radical (unpaired) electrons. The second-order valence-corrected chi connectivity index (χ2v) is 3.66. The summed E-state index contributed by atoms with van der Waals surface area (Å²) >= 11 is 0. The lowest BCUT2D eigenvalue weighted by atomic mass is 10.1. The second-order valence-electron chi connectivity index (χ2n) is 3.66. The molecule has 0 aliphatic heterocycles. The fourth-order valence-corrected chi connectivity index (χ4v) is 1.53. The fourth-order valence-electron chi connectivity index (χ4n) is 1.53. The Hall–Kier alpha value is -1.22. The monoisotopic (exact) mass is 225 g/mol. The van der Waals surface area contributed by atoms with Gasteiger partial charge in [0.05, 0.1) is 0 Å². The van der Waals surface area contributed by atoms with Crippen molar-refractivity contribution in [2.45, 2.75) is 19.8 Å². The number of likely N-dealkylation sites (N-methyl/N-ethyl adjacent to an activating group) is 1. The van der Waals surface area contributed by atoms with E-state index in [1.165, 1.54) is 17.7 Å². The number of halogens is 2. The standard InChI is InChI=1S/C13H17F2N/c1-3-10(9-16-2)7-11-5-4-6-12(8-11)13(14)15/h4-8,13,16H,3,9H2,1-2H3/b10-7-. The number of rotatable bonds is 5. The molecule has 0 bridgehead atoms. The summed E-state index contributed by atoms with van der Waals surface area (Å²) in [6.07, 6.45) is 0.477. The maximum atomic E-state index is 12.5. The summed E-state index contributed by atoms with van der Waals surface area (Å²) in [5.74, 6) is 0. The van der Waals surface area contributed by atoms with E-state index in [1.54, 1.807) is 6.07 Å². The molecule has 0 spiro atoms. The molecule has 0 saturated heterocycles. The van der Waals surface area contributed by atoms with E-state index < -0.39 is 6.43 Å². The third kappa shape index (κ3) is 3.74. The Morgan fingerprint density at radius 1 is 1.44 bits per heavy atom. The Morgan fingerprint density at radius 3 is 2.75 bits per heavy atom. The minimum Gasteiger partial charge on any atom is -0.316 e. The van der Waals surface area contributed by atoms with Gasteiger partial charge in [-0.3, -0.25) is 0 Å². The first-order valence-electron chi connectivity index (χ1n) is 5.39. The maximum absolute atomic E-state index is 12.5. The van der Waals surface area contributed by atoms with Crippen LogP contribution in [-0.4, -0.2) is 13.6 Å². The highest BCUT2D eigenvalue weighted by atomic mass is 19.3. The fraction of sp³-hybridized carbons (Fsp3) is 0.385. The molecule has 1 nitrogen and oxygen atoms in total. The highest BCUT2D eigenvalue weighted by Gasteiger charge is 2.06. The van der Waals surface area contributed by atoms with Crippen molar-refractivity contribution in [3.05, 3.63) is 41.0 Å². The van der Waals surface area contributed by atoms with Gasteiger partial charge in [-0.1, -0.05) is 36.8 Å². The number of hydrogen-bond acceptors (Lipinski definition) is 1. The van der Waals surface area contributed by atoms with E-state index >= 15 is 0 Å². The number of nitrogens with one attached hydrogen (secondary N) is 1. The predicted molar refractivity (Wildman–Crippen MR) is 63.6 cm³/mol. The van der Waals surface area contributed by atoms with Crippen LogP contribution in [-0.2, 0) is 0 Å². The SMILES string of the molecule is CC/C(=C/c1cccc(C(F)F)c1)CNC. The van der Waals surface area contributed by atoms with Gasteiger partial charge >= 0.3 is 0 Å². The quantitative estimate of drug-likeness (QED) is 0.806. The van der Waals surface area contributed by atoms with Crippen LogP contribution in [0.5, 0.6) is 0 Å². The molecule has 0 atom stereocenters. The molecule has 1 aromatic rings. The van der Waals surface area contributed by atoms with Crippen LogP contribution in [0.1, 0.15) is 30.9 Å². The van der Waals surface area contributed by atoms with Crippen molar-refractivity contribution in [2.24, 2.45) is 0 Å². The lowest BCUT2D eigenvalue weighted by molar-refractivity contribution is 0.151. The normalized spacial score (nSPS) is 12.2. The van der Waals surface area contributed by atoms with Crippen molar-refractivity contribution >= 4 is 6.08 Å². The molecular formula is C13H17F2N. The van der Waals surface area contributed by atoms with Crippen molar-refractivity contribution in [2.75, 3.05) is 13.6 Å². The largest absolute Gasteiger partial charge is 0.316 e. The lowest BCUT2D eigenvalue weighted by Gasteiger charge is -2.05. The third-order valence-corrected chi connectivity index (χ3v) is 2.39. The van der Waals surface area contributed by atoms with Crippen molar-refractivity contribution in [3.63, 3.8) is 0 Å². The number of alkyl halides is 2. The Morgan fingerprint density at radius 2 is 2.19 bits per heavy atom. The van der Waals surface area contributed by atoms with Gasteiger partial charge in [0.2, 0.25) is 0 Å². The van der Waals surface area contributed by atoms with Crippen LogP contribution in [0, 0.1) is 0 Å².